The Bertz CT molecular complexity index is 617. The number of rotatable bonds is 2. The zero-order valence-electron chi connectivity index (χ0n) is 8.64. The number of amides is 1. The predicted molar refractivity (Wildman–Crippen MR) is 79.0 cm³/mol. The zero-order chi connectivity index (χ0) is 13.3. The summed E-state index contributed by atoms with van der Waals surface area (Å²) >= 11 is 6.35. The van der Waals surface area contributed by atoms with Crippen LogP contribution in [0.2, 0.25) is 0 Å². The summed E-state index contributed by atoms with van der Waals surface area (Å²) in [4.78, 5) is 11.8. The van der Waals surface area contributed by atoms with Crippen molar-refractivity contribution < 1.29 is 13.6 Å². The molecule has 0 unspecified atom stereocenters. The summed E-state index contributed by atoms with van der Waals surface area (Å²) in [6.45, 7) is 0. The standard InChI is InChI=1S/C11H5BrF2INOS/c12-6-2-8(14)9(3-7(6)13)16-11(17)5-1-10(15)18-4-5/h1-4H,(H,16,17). The van der Waals surface area contributed by atoms with Crippen LogP contribution in [-0.2, 0) is 0 Å². The minimum Gasteiger partial charge on any atom is -0.319 e. The Hall–Kier alpha value is -0.540. The van der Waals surface area contributed by atoms with Gasteiger partial charge in [-0.2, -0.15) is 0 Å². The molecule has 0 aliphatic rings. The third-order valence-electron chi connectivity index (χ3n) is 2.09. The van der Waals surface area contributed by atoms with Crippen molar-refractivity contribution in [2.75, 3.05) is 5.32 Å². The van der Waals surface area contributed by atoms with Gasteiger partial charge in [-0.15, -0.1) is 11.3 Å². The second-order valence-electron chi connectivity index (χ2n) is 3.34. The first-order valence-corrected chi connectivity index (χ1v) is 7.42. The van der Waals surface area contributed by atoms with E-state index < -0.39 is 17.5 Å². The molecule has 0 aliphatic heterocycles. The fraction of sp³-hybridized carbons (Fsp3) is 0. The SMILES string of the molecule is O=C(Nc1cc(F)c(Br)cc1F)c1csc(I)c1. The number of nitrogens with one attached hydrogen (secondary N) is 1. The van der Waals surface area contributed by atoms with Crippen LogP contribution in [0.3, 0.4) is 0 Å². The number of carbonyl (C=O) groups excluding carboxylic acids is 1. The third kappa shape index (κ3) is 3.07. The molecule has 0 fully saturated rings. The van der Waals surface area contributed by atoms with Crippen molar-refractivity contribution in [3.8, 4) is 0 Å². The van der Waals surface area contributed by atoms with Crippen LogP contribution in [0, 0.1) is 14.5 Å². The maximum absolute atomic E-state index is 13.5. The van der Waals surface area contributed by atoms with Crippen molar-refractivity contribution in [3.05, 3.63) is 48.1 Å². The van der Waals surface area contributed by atoms with Gasteiger partial charge in [-0.1, -0.05) is 0 Å². The molecule has 7 heteroatoms. The van der Waals surface area contributed by atoms with Crippen molar-refractivity contribution in [2.45, 2.75) is 0 Å². The zero-order valence-corrected chi connectivity index (χ0v) is 13.2. The molecule has 1 heterocycles. The first kappa shape index (κ1) is 13.9. The highest BCUT2D eigenvalue weighted by molar-refractivity contribution is 14.1. The average molecular weight is 444 g/mol. The molecule has 94 valence electrons. The van der Waals surface area contributed by atoms with E-state index in [2.05, 4.69) is 43.8 Å². The summed E-state index contributed by atoms with van der Waals surface area (Å²) in [7, 11) is 0. The molecule has 0 radical (unpaired) electrons. The Balaban J connectivity index is 2.24. The molecule has 0 aliphatic carbocycles. The van der Waals surface area contributed by atoms with Crippen molar-refractivity contribution >= 4 is 61.5 Å². The van der Waals surface area contributed by atoms with Gasteiger partial charge in [0.2, 0.25) is 0 Å². The highest BCUT2D eigenvalue weighted by atomic mass is 127. The molecule has 18 heavy (non-hydrogen) atoms. The highest BCUT2D eigenvalue weighted by Crippen LogP contribution is 2.24. The van der Waals surface area contributed by atoms with Crippen LogP contribution < -0.4 is 5.32 Å². The van der Waals surface area contributed by atoms with Crippen LogP contribution in [0.25, 0.3) is 0 Å². The van der Waals surface area contributed by atoms with E-state index in [0.29, 0.717) is 5.56 Å². The van der Waals surface area contributed by atoms with E-state index >= 15 is 0 Å². The van der Waals surface area contributed by atoms with Crippen molar-refractivity contribution in [2.24, 2.45) is 0 Å². The van der Waals surface area contributed by atoms with Crippen molar-refractivity contribution in [1.29, 1.82) is 0 Å². The maximum atomic E-state index is 13.5. The molecule has 1 aromatic heterocycles. The van der Waals surface area contributed by atoms with Gasteiger partial charge >= 0.3 is 0 Å². The van der Waals surface area contributed by atoms with Gasteiger partial charge in [0, 0.05) is 11.4 Å². The predicted octanol–water partition coefficient (Wildman–Crippen LogP) is 4.65. The Morgan fingerprint density at radius 3 is 2.61 bits per heavy atom. The lowest BCUT2D eigenvalue weighted by Gasteiger charge is -2.06. The molecular weight excluding hydrogens is 439 g/mol. The Morgan fingerprint density at radius 2 is 2.00 bits per heavy atom. The summed E-state index contributed by atoms with van der Waals surface area (Å²) in [6.07, 6.45) is 0. The molecule has 1 aromatic carbocycles. The second kappa shape index (κ2) is 5.62. The van der Waals surface area contributed by atoms with Crippen LogP contribution in [0.5, 0.6) is 0 Å². The van der Waals surface area contributed by atoms with Gasteiger partial charge in [0.05, 0.1) is 18.6 Å². The van der Waals surface area contributed by atoms with Crippen molar-refractivity contribution in [1.82, 2.24) is 0 Å². The number of benzene rings is 1. The van der Waals surface area contributed by atoms with Gasteiger partial charge < -0.3 is 5.32 Å². The summed E-state index contributed by atoms with van der Waals surface area (Å²) in [6, 6.07) is 3.59. The number of hydrogen-bond donors (Lipinski definition) is 1. The summed E-state index contributed by atoms with van der Waals surface area (Å²) in [5.41, 5.74) is 0.244. The van der Waals surface area contributed by atoms with Crippen LogP contribution in [0.1, 0.15) is 10.4 Å². The fourth-order valence-corrected chi connectivity index (χ4v) is 2.88. The van der Waals surface area contributed by atoms with Gasteiger partial charge in [0.25, 0.3) is 5.91 Å². The molecule has 1 N–H and O–H groups in total. The normalized spacial score (nSPS) is 10.4. The molecule has 0 saturated heterocycles. The Labute approximate surface area is 128 Å². The van der Waals surface area contributed by atoms with Crippen LogP contribution in [0.15, 0.2) is 28.1 Å². The van der Waals surface area contributed by atoms with Gasteiger partial charge in [-0.25, -0.2) is 8.78 Å². The van der Waals surface area contributed by atoms with E-state index in [0.717, 1.165) is 15.0 Å². The van der Waals surface area contributed by atoms with Crippen LogP contribution in [-0.4, -0.2) is 5.91 Å². The molecule has 2 aromatic rings. The van der Waals surface area contributed by atoms with Crippen LogP contribution >= 0.6 is 49.9 Å². The second-order valence-corrected chi connectivity index (χ2v) is 7.00. The number of thiophene rings is 1. The lowest BCUT2D eigenvalue weighted by atomic mass is 10.2. The molecule has 2 rings (SSSR count). The Kier molecular flexibility index (Phi) is 4.33. The van der Waals surface area contributed by atoms with Gasteiger partial charge in [0.1, 0.15) is 11.6 Å². The van der Waals surface area contributed by atoms with Gasteiger partial charge in [-0.05, 0) is 50.7 Å². The Morgan fingerprint density at radius 1 is 1.28 bits per heavy atom. The van der Waals surface area contributed by atoms with E-state index in [1.807, 2.05) is 0 Å². The van der Waals surface area contributed by atoms with Crippen LogP contribution in [0.4, 0.5) is 14.5 Å². The maximum Gasteiger partial charge on any atom is 0.256 e. The molecule has 0 bridgehead atoms. The van der Waals surface area contributed by atoms with E-state index in [1.54, 1.807) is 11.4 Å². The number of carbonyl (C=O) groups is 1. The van der Waals surface area contributed by atoms with E-state index in [1.165, 1.54) is 11.3 Å². The molecule has 0 spiro atoms. The lowest BCUT2D eigenvalue weighted by Crippen LogP contribution is -2.12. The lowest BCUT2D eigenvalue weighted by molar-refractivity contribution is 0.102. The van der Waals surface area contributed by atoms with Gasteiger partial charge in [0.15, 0.2) is 0 Å². The molecule has 0 atom stereocenters. The quantitative estimate of drug-likeness (QED) is 0.531. The molecule has 1 amide bonds. The highest BCUT2D eigenvalue weighted by Gasteiger charge is 2.13. The summed E-state index contributed by atoms with van der Waals surface area (Å²) < 4.78 is 27.7. The first-order valence-electron chi connectivity index (χ1n) is 4.67. The smallest absolute Gasteiger partial charge is 0.256 e. The summed E-state index contributed by atoms with van der Waals surface area (Å²) in [5, 5.41) is 3.99. The van der Waals surface area contributed by atoms with Crippen molar-refractivity contribution in [3.63, 3.8) is 0 Å². The van der Waals surface area contributed by atoms with Gasteiger partial charge in [-0.3, -0.25) is 4.79 Å². The third-order valence-corrected chi connectivity index (χ3v) is 4.48. The average Bonchev–Trinajstić information content (AvgIpc) is 2.73. The molecule has 2 nitrogen and oxygen atoms in total. The monoisotopic (exact) mass is 443 g/mol. The minimum atomic E-state index is -0.693. The topological polar surface area (TPSA) is 29.1 Å². The number of halogens is 4. The van der Waals surface area contributed by atoms with E-state index in [4.69, 9.17) is 0 Å². The van der Waals surface area contributed by atoms with E-state index in [9.17, 15) is 13.6 Å². The fourth-order valence-electron chi connectivity index (χ4n) is 1.24. The largest absolute Gasteiger partial charge is 0.319 e. The summed E-state index contributed by atoms with van der Waals surface area (Å²) in [5.74, 6) is -1.79. The molecule has 0 saturated carbocycles. The first-order chi connectivity index (χ1) is 8.47. The molecular formula is C11H5BrF2INOS. The number of anilines is 1. The minimum absolute atomic E-state index is 0.0167. The number of hydrogen-bond acceptors (Lipinski definition) is 2. The van der Waals surface area contributed by atoms with E-state index in [-0.39, 0.29) is 10.2 Å².